The first-order valence-corrected chi connectivity index (χ1v) is 11.9. The van der Waals surface area contributed by atoms with Gasteiger partial charge < -0.3 is 5.32 Å². The Morgan fingerprint density at radius 2 is 1.33 bits per heavy atom. The Kier molecular flexibility index (Phi) is 6.59. The van der Waals surface area contributed by atoms with E-state index >= 15 is 0 Å². The molecule has 2 fully saturated rings. The van der Waals surface area contributed by atoms with Gasteiger partial charge >= 0.3 is 0 Å². The SMILES string of the molecule is Cc1cc(C)n(C(C(=NC2CCCCC2)NC2CCCCC2)n2nc(C)cc2C)n1. The fourth-order valence-electron chi connectivity index (χ4n) is 5.16. The van der Waals surface area contributed by atoms with E-state index in [1.54, 1.807) is 0 Å². The topological polar surface area (TPSA) is 60.0 Å². The highest BCUT2D eigenvalue weighted by Crippen LogP contribution is 2.25. The zero-order valence-corrected chi connectivity index (χ0v) is 19.2. The van der Waals surface area contributed by atoms with Gasteiger partial charge in [0.2, 0.25) is 6.17 Å². The molecule has 6 nitrogen and oxygen atoms in total. The predicted octanol–water partition coefficient (Wildman–Crippen LogP) is 5.01. The molecular formula is C24H38N6. The van der Waals surface area contributed by atoms with Crippen molar-refractivity contribution in [2.24, 2.45) is 4.99 Å². The number of rotatable bonds is 5. The summed E-state index contributed by atoms with van der Waals surface area (Å²) in [6.45, 7) is 8.40. The number of aliphatic imine (C=N–C) groups is 1. The van der Waals surface area contributed by atoms with E-state index in [9.17, 15) is 0 Å². The van der Waals surface area contributed by atoms with Gasteiger partial charge in [0.25, 0.3) is 0 Å². The Morgan fingerprint density at radius 3 is 1.80 bits per heavy atom. The number of nitrogens with one attached hydrogen (secondary N) is 1. The van der Waals surface area contributed by atoms with Crippen LogP contribution in [0, 0.1) is 27.7 Å². The fraction of sp³-hybridized carbons (Fsp3) is 0.708. The molecule has 4 rings (SSSR count). The summed E-state index contributed by atoms with van der Waals surface area (Å²) in [5, 5.41) is 13.7. The van der Waals surface area contributed by atoms with Crippen molar-refractivity contribution in [3.05, 3.63) is 34.9 Å². The van der Waals surface area contributed by atoms with Crippen LogP contribution in [0.2, 0.25) is 0 Å². The van der Waals surface area contributed by atoms with Gasteiger partial charge in [-0.3, -0.25) is 4.99 Å². The maximum absolute atomic E-state index is 5.37. The molecule has 2 aliphatic rings. The fourth-order valence-corrected chi connectivity index (χ4v) is 5.16. The lowest BCUT2D eigenvalue weighted by Crippen LogP contribution is -2.45. The maximum atomic E-state index is 5.37. The van der Waals surface area contributed by atoms with E-state index in [0.29, 0.717) is 12.1 Å². The van der Waals surface area contributed by atoms with Crippen LogP contribution in [0.5, 0.6) is 0 Å². The predicted molar refractivity (Wildman–Crippen MR) is 122 cm³/mol. The zero-order valence-electron chi connectivity index (χ0n) is 19.2. The van der Waals surface area contributed by atoms with Crippen molar-refractivity contribution in [1.29, 1.82) is 0 Å². The van der Waals surface area contributed by atoms with Gasteiger partial charge in [-0.15, -0.1) is 0 Å². The van der Waals surface area contributed by atoms with Crippen LogP contribution in [0.15, 0.2) is 17.1 Å². The molecule has 2 aromatic heterocycles. The van der Waals surface area contributed by atoms with Crippen molar-refractivity contribution in [2.75, 3.05) is 0 Å². The molecule has 1 N–H and O–H groups in total. The third-order valence-corrected chi connectivity index (χ3v) is 6.65. The normalized spacial score (nSPS) is 19.6. The monoisotopic (exact) mass is 410 g/mol. The van der Waals surface area contributed by atoms with Crippen LogP contribution in [-0.4, -0.2) is 37.5 Å². The third kappa shape index (κ3) is 4.79. The minimum Gasteiger partial charge on any atom is -0.368 e. The summed E-state index contributed by atoms with van der Waals surface area (Å²) in [6.07, 6.45) is 12.6. The molecule has 2 heterocycles. The second-order valence-electron chi connectivity index (χ2n) is 9.40. The van der Waals surface area contributed by atoms with E-state index in [4.69, 9.17) is 15.2 Å². The van der Waals surface area contributed by atoms with Gasteiger partial charge in [0.1, 0.15) is 5.84 Å². The van der Waals surface area contributed by atoms with Crippen LogP contribution in [0.25, 0.3) is 0 Å². The van der Waals surface area contributed by atoms with Crippen LogP contribution >= 0.6 is 0 Å². The smallest absolute Gasteiger partial charge is 0.200 e. The average Bonchev–Trinajstić information content (AvgIpc) is 3.23. The minimum atomic E-state index is -0.156. The van der Waals surface area contributed by atoms with E-state index in [1.807, 2.05) is 0 Å². The van der Waals surface area contributed by atoms with Gasteiger partial charge in [0.15, 0.2) is 0 Å². The lowest BCUT2D eigenvalue weighted by atomic mass is 9.95. The van der Waals surface area contributed by atoms with Gasteiger partial charge in [-0.05, 0) is 65.5 Å². The molecule has 2 aliphatic carbocycles. The summed E-state index contributed by atoms with van der Waals surface area (Å²) >= 11 is 0. The van der Waals surface area contributed by atoms with Crippen molar-refractivity contribution in [1.82, 2.24) is 24.9 Å². The van der Waals surface area contributed by atoms with Gasteiger partial charge in [0, 0.05) is 17.4 Å². The molecule has 164 valence electrons. The molecule has 30 heavy (non-hydrogen) atoms. The lowest BCUT2D eigenvalue weighted by Gasteiger charge is -2.31. The Labute approximate surface area is 181 Å². The summed E-state index contributed by atoms with van der Waals surface area (Å²) in [7, 11) is 0. The molecule has 2 aromatic rings. The quantitative estimate of drug-likeness (QED) is 0.556. The Morgan fingerprint density at radius 1 is 0.833 bits per heavy atom. The number of amidine groups is 1. The standard InChI is InChI=1S/C24H38N6/c1-17-15-19(3)29(27-17)24(30-20(4)16-18(2)28-30)23(25-21-11-7-5-8-12-21)26-22-13-9-6-10-14-22/h15-16,21-22,24H,5-14H2,1-4H3,(H,25,26). The highest BCUT2D eigenvalue weighted by Gasteiger charge is 2.29. The van der Waals surface area contributed by atoms with E-state index < -0.39 is 0 Å². The summed E-state index contributed by atoms with van der Waals surface area (Å²) in [5.41, 5.74) is 4.36. The van der Waals surface area contributed by atoms with Crippen molar-refractivity contribution in [2.45, 2.75) is 110 Å². The first kappa shape index (κ1) is 21.1. The van der Waals surface area contributed by atoms with Crippen molar-refractivity contribution < 1.29 is 0 Å². The van der Waals surface area contributed by atoms with E-state index in [0.717, 1.165) is 28.6 Å². The molecule has 2 saturated carbocycles. The molecule has 0 saturated heterocycles. The van der Waals surface area contributed by atoms with E-state index in [-0.39, 0.29) is 6.17 Å². The van der Waals surface area contributed by atoms with Gasteiger partial charge in [-0.25, -0.2) is 9.36 Å². The Hall–Kier alpha value is -2.11. The molecule has 0 aliphatic heterocycles. The van der Waals surface area contributed by atoms with Gasteiger partial charge in [-0.1, -0.05) is 38.5 Å². The van der Waals surface area contributed by atoms with Gasteiger partial charge in [0.05, 0.1) is 17.4 Å². The molecular weight excluding hydrogens is 372 g/mol. The summed E-state index contributed by atoms with van der Waals surface area (Å²) in [6, 6.07) is 5.20. The van der Waals surface area contributed by atoms with Crippen LogP contribution in [0.4, 0.5) is 0 Å². The second-order valence-corrected chi connectivity index (χ2v) is 9.40. The molecule has 0 bridgehead atoms. The molecule has 0 aromatic carbocycles. The second kappa shape index (κ2) is 9.36. The third-order valence-electron chi connectivity index (χ3n) is 6.65. The van der Waals surface area contributed by atoms with Crippen LogP contribution in [0.1, 0.15) is 93.1 Å². The molecule has 0 radical (unpaired) electrons. The van der Waals surface area contributed by atoms with E-state index in [1.165, 1.54) is 64.2 Å². The lowest BCUT2D eigenvalue weighted by molar-refractivity contribution is 0.377. The Balaban J connectivity index is 1.77. The molecule has 6 heteroatoms. The number of aromatic nitrogens is 4. The number of hydrogen-bond acceptors (Lipinski definition) is 3. The van der Waals surface area contributed by atoms with Crippen LogP contribution < -0.4 is 5.32 Å². The highest BCUT2D eigenvalue weighted by molar-refractivity contribution is 5.86. The molecule has 0 amide bonds. The van der Waals surface area contributed by atoms with E-state index in [2.05, 4.69) is 54.5 Å². The van der Waals surface area contributed by atoms with Crippen molar-refractivity contribution in [3.8, 4) is 0 Å². The first-order valence-electron chi connectivity index (χ1n) is 11.9. The number of hydrogen-bond donors (Lipinski definition) is 1. The maximum Gasteiger partial charge on any atom is 0.200 e. The largest absolute Gasteiger partial charge is 0.368 e. The number of nitrogens with zero attached hydrogens (tertiary/aromatic N) is 5. The first-order chi connectivity index (χ1) is 14.5. The van der Waals surface area contributed by atoms with Crippen molar-refractivity contribution >= 4 is 5.84 Å². The number of aryl methyl sites for hydroxylation is 4. The Bertz CT molecular complexity index is 818. The summed E-state index contributed by atoms with van der Waals surface area (Å²) in [4.78, 5) is 5.37. The molecule has 0 unspecified atom stereocenters. The average molecular weight is 411 g/mol. The van der Waals surface area contributed by atoms with Crippen LogP contribution in [0.3, 0.4) is 0 Å². The minimum absolute atomic E-state index is 0.156. The molecule has 0 spiro atoms. The van der Waals surface area contributed by atoms with Crippen LogP contribution in [-0.2, 0) is 0 Å². The summed E-state index contributed by atoms with van der Waals surface area (Å²) in [5.74, 6) is 1.05. The van der Waals surface area contributed by atoms with Crippen molar-refractivity contribution in [3.63, 3.8) is 0 Å². The zero-order chi connectivity index (χ0) is 21.1. The van der Waals surface area contributed by atoms with Gasteiger partial charge in [-0.2, -0.15) is 10.2 Å². The highest BCUT2D eigenvalue weighted by atomic mass is 15.5. The molecule has 0 atom stereocenters. The summed E-state index contributed by atoms with van der Waals surface area (Å²) < 4.78 is 4.23.